The third-order valence-electron chi connectivity index (χ3n) is 4.12. The number of rotatable bonds is 5. The highest BCUT2D eigenvalue weighted by Crippen LogP contribution is 2.09. The molecule has 5 nitrogen and oxygen atoms in total. The first-order chi connectivity index (χ1) is 11.5. The average Bonchev–Trinajstić information content (AvgIpc) is 2.59. The van der Waals surface area contributed by atoms with Gasteiger partial charge in [-0.1, -0.05) is 26.0 Å². The van der Waals surface area contributed by atoms with Gasteiger partial charge in [-0.3, -0.25) is 4.79 Å². The summed E-state index contributed by atoms with van der Waals surface area (Å²) in [5.74, 6) is 0.238. The van der Waals surface area contributed by atoms with Gasteiger partial charge < -0.3 is 15.1 Å². The molecule has 1 saturated heterocycles. The molecule has 1 fully saturated rings. The van der Waals surface area contributed by atoms with Crippen LogP contribution in [0.2, 0.25) is 0 Å². The van der Waals surface area contributed by atoms with Crippen molar-refractivity contribution in [3.63, 3.8) is 0 Å². The zero-order valence-corrected chi connectivity index (χ0v) is 14.4. The van der Waals surface area contributed by atoms with Gasteiger partial charge in [0.05, 0.1) is 0 Å². The number of piperazine rings is 1. The van der Waals surface area contributed by atoms with Gasteiger partial charge in [0.1, 0.15) is 5.82 Å². The Kier molecular flexibility index (Phi) is 6.58. The summed E-state index contributed by atoms with van der Waals surface area (Å²) < 4.78 is 12.9. The van der Waals surface area contributed by atoms with Gasteiger partial charge in [0.2, 0.25) is 5.91 Å². The van der Waals surface area contributed by atoms with Gasteiger partial charge in [0.15, 0.2) is 0 Å². The fourth-order valence-corrected chi connectivity index (χ4v) is 2.62. The van der Waals surface area contributed by atoms with E-state index in [1.165, 1.54) is 12.1 Å². The molecule has 2 rings (SSSR count). The number of aryl methyl sites for hydroxylation is 1. The molecule has 1 aliphatic heterocycles. The monoisotopic (exact) mass is 335 g/mol. The lowest BCUT2D eigenvalue weighted by atomic mass is 10.1. The first-order valence-corrected chi connectivity index (χ1v) is 8.50. The van der Waals surface area contributed by atoms with Crippen LogP contribution in [0.5, 0.6) is 0 Å². The summed E-state index contributed by atoms with van der Waals surface area (Å²) in [5.41, 5.74) is 0.955. The highest BCUT2D eigenvalue weighted by atomic mass is 19.1. The predicted molar refractivity (Wildman–Crippen MR) is 91.1 cm³/mol. The lowest BCUT2D eigenvalue weighted by Crippen LogP contribution is -2.53. The van der Waals surface area contributed by atoms with Gasteiger partial charge in [-0.15, -0.1) is 0 Å². The van der Waals surface area contributed by atoms with E-state index in [2.05, 4.69) is 19.2 Å². The van der Waals surface area contributed by atoms with Crippen LogP contribution in [0, 0.1) is 11.7 Å². The molecule has 0 spiro atoms. The van der Waals surface area contributed by atoms with Gasteiger partial charge in [0, 0.05) is 39.1 Å². The largest absolute Gasteiger partial charge is 0.339 e. The zero-order chi connectivity index (χ0) is 17.5. The lowest BCUT2D eigenvalue weighted by Gasteiger charge is -2.35. The quantitative estimate of drug-likeness (QED) is 0.897. The van der Waals surface area contributed by atoms with Crippen molar-refractivity contribution in [1.29, 1.82) is 0 Å². The Hall–Kier alpha value is -2.11. The van der Waals surface area contributed by atoms with Crippen molar-refractivity contribution in [2.75, 3.05) is 32.7 Å². The molecule has 1 aromatic rings. The number of amides is 3. The minimum Gasteiger partial charge on any atom is -0.339 e. The molecule has 1 heterocycles. The Morgan fingerprint density at radius 1 is 1.08 bits per heavy atom. The molecule has 1 aromatic carbocycles. The normalized spacial score (nSPS) is 14.8. The van der Waals surface area contributed by atoms with Crippen molar-refractivity contribution >= 4 is 11.9 Å². The second kappa shape index (κ2) is 8.66. The number of hydrogen-bond acceptors (Lipinski definition) is 2. The van der Waals surface area contributed by atoms with Gasteiger partial charge in [0.25, 0.3) is 0 Å². The first-order valence-electron chi connectivity index (χ1n) is 8.50. The lowest BCUT2D eigenvalue weighted by molar-refractivity contribution is -0.132. The van der Waals surface area contributed by atoms with Crippen LogP contribution in [0.15, 0.2) is 24.3 Å². The van der Waals surface area contributed by atoms with E-state index in [-0.39, 0.29) is 17.8 Å². The fraction of sp³-hybridized carbons (Fsp3) is 0.556. The number of carbonyl (C=O) groups is 2. The van der Waals surface area contributed by atoms with Gasteiger partial charge in [-0.2, -0.15) is 0 Å². The minimum atomic E-state index is -0.267. The molecule has 0 atom stereocenters. The minimum absolute atomic E-state index is 0.0536. The van der Waals surface area contributed by atoms with E-state index in [0.29, 0.717) is 51.5 Å². The van der Waals surface area contributed by atoms with Crippen molar-refractivity contribution in [3.8, 4) is 0 Å². The average molecular weight is 335 g/mol. The molecule has 1 N–H and O–H groups in total. The number of halogens is 1. The van der Waals surface area contributed by atoms with E-state index in [0.717, 1.165) is 5.56 Å². The Morgan fingerprint density at radius 3 is 2.25 bits per heavy atom. The molecule has 0 radical (unpaired) electrons. The van der Waals surface area contributed by atoms with Crippen LogP contribution in [0.25, 0.3) is 0 Å². The van der Waals surface area contributed by atoms with Gasteiger partial charge in [-0.25, -0.2) is 9.18 Å². The summed E-state index contributed by atoms with van der Waals surface area (Å²) in [6.45, 7) is 7.03. The van der Waals surface area contributed by atoms with E-state index in [9.17, 15) is 14.0 Å². The van der Waals surface area contributed by atoms with Crippen LogP contribution in [-0.2, 0) is 11.2 Å². The molecule has 132 valence electrons. The zero-order valence-electron chi connectivity index (χ0n) is 14.4. The summed E-state index contributed by atoms with van der Waals surface area (Å²) in [5, 5.41) is 2.90. The SMILES string of the molecule is CC(C)CNC(=O)N1CCN(C(=O)CCc2ccc(F)cc2)CC1. The first kappa shape index (κ1) is 18.2. The summed E-state index contributed by atoms with van der Waals surface area (Å²) in [7, 11) is 0. The highest BCUT2D eigenvalue weighted by molar-refractivity contribution is 5.78. The number of hydrogen-bond donors (Lipinski definition) is 1. The molecule has 0 saturated carbocycles. The van der Waals surface area contributed by atoms with E-state index in [1.54, 1.807) is 21.9 Å². The van der Waals surface area contributed by atoms with Crippen molar-refractivity contribution in [3.05, 3.63) is 35.6 Å². The van der Waals surface area contributed by atoms with Gasteiger partial charge >= 0.3 is 6.03 Å². The number of nitrogens with one attached hydrogen (secondary N) is 1. The van der Waals surface area contributed by atoms with Gasteiger partial charge in [-0.05, 0) is 30.0 Å². The molecule has 1 aliphatic rings. The Bertz CT molecular complexity index is 552. The molecule has 0 aromatic heterocycles. The van der Waals surface area contributed by atoms with Crippen molar-refractivity contribution in [2.45, 2.75) is 26.7 Å². The molecule has 0 unspecified atom stereocenters. The topological polar surface area (TPSA) is 52.7 Å². The second-order valence-corrected chi connectivity index (χ2v) is 6.57. The Labute approximate surface area is 142 Å². The molecular weight excluding hydrogens is 309 g/mol. The fourth-order valence-electron chi connectivity index (χ4n) is 2.62. The molecule has 0 bridgehead atoms. The molecular formula is C18H26FN3O2. The third-order valence-corrected chi connectivity index (χ3v) is 4.12. The summed E-state index contributed by atoms with van der Waals surface area (Å²) >= 11 is 0. The van der Waals surface area contributed by atoms with Crippen LogP contribution in [0.3, 0.4) is 0 Å². The maximum atomic E-state index is 12.9. The third kappa shape index (κ3) is 5.51. The molecule has 24 heavy (non-hydrogen) atoms. The summed E-state index contributed by atoms with van der Waals surface area (Å²) in [4.78, 5) is 27.8. The van der Waals surface area contributed by atoms with E-state index < -0.39 is 0 Å². The van der Waals surface area contributed by atoms with Crippen LogP contribution < -0.4 is 5.32 Å². The Morgan fingerprint density at radius 2 is 1.67 bits per heavy atom. The highest BCUT2D eigenvalue weighted by Gasteiger charge is 2.23. The number of benzene rings is 1. The maximum absolute atomic E-state index is 12.9. The van der Waals surface area contributed by atoms with Crippen LogP contribution in [0.4, 0.5) is 9.18 Å². The van der Waals surface area contributed by atoms with E-state index >= 15 is 0 Å². The van der Waals surface area contributed by atoms with Crippen LogP contribution >= 0.6 is 0 Å². The molecule has 0 aliphatic carbocycles. The second-order valence-electron chi connectivity index (χ2n) is 6.57. The number of carbonyl (C=O) groups excluding carboxylic acids is 2. The molecule has 3 amide bonds. The van der Waals surface area contributed by atoms with E-state index in [4.69, 9.17) is 0 Å². The van der Waals surface area contributed by atoms with E-state index in [1.807, 2.05) is 0 Å². The van der Waals surface area contributed by atoms with Crippen molar-refractivity contribution in [1.82, 2.24) is 15.1 Å². The van der Waals surface area contributed by atoms with Crippen molar-refractivity contribution < 1.29 is 14.0 Å². The maximum Gasteiger partial charge on any atom is 0.317 e. The molecule has 6 heteroatoms. The summed E-state index contributed by atoms with van der Waals surface area (Å²) in [6, 6.07) is 6.18. The van der Waals surface area contributed by atoms with Crippen LogP contribution in [-0.4, -0.2) is 54.5 Å². The predicted octanol–water partition coefficient (Wildman–Crippen LogP) is 2.27. The smallest absolute Gasteiger partial charge is 0.317 e. The standard InChI is InChI=1S/C18H26FN3O2/c1-14(2)13-20-18(24)22-11-9-21(10-12-22)17(23)8-5-15-3-6-16(19)7-4-15/h3-4,6-7,14H,5,8-13H2,1-2H3,(H,20,24). The number of urea groups is 1. The number of nitrogens with zero attached hydrogens (tertiary/aromatic N) is 2. The van der Waals surface area contributed by atoms with Crippen LogP contribution in [0.1, 0.15) is 25.8 Å². The summed E-state index contributed by atoms with van der Waals surface area (Å²) in [6.07, 6.45) is 1.01. The Balaban J connectivity index is 1.72. The van der Waals surface area contributed by atoms with Crippen molar-refractivity contribution in [2.24, 2.45) is 5.92 Å².